The number of pyridine rings is 1. The molecule has 7 nitrogen and oxygen atoms in total. The Labute approximate surface area is 147 Å². The summed E-state index contributed by atoms with van der Waals surface area (Å²) in [6, 6.07) is 10.8. The lowest BCUT2D eigenvalue weighted by Gasteiger charge is -2.25. The monoisotopic (exact) mass is 354 g/mol. The molecule has 0 N–H and O–H groups in total. The Morgan fingerprint density at radius 2 is 1.96 bits per heavy atom. The first-order valence-corrected chi connectivity index (χ1v) is 8.24. The highest BCUT2D eigenvalue weighted by molar-refractivity contribution is 5.63. The summed E-state index contributed by atoms with van der Waals surface area (Å²) in [6.07, 6.45) is 3.01. The van der Waals surface area contributed by atoms with Crippen LogP contribution in [-0.2, 0) is 0 Å². The van der Waals surface area contributed by atoms with Gasteiger partial charge in [-0.1, -0.05) is 18.2 Å². The van der Waals surface area contributed by atoms with E-state index in [4.69, 9.17) is 0 Å². The first-order valence-electron chi connectivity index (χ1n) is 8.24. The average molecular weight is 354 g/mol. The van der Waals surface area contributed by atoms with Crippen molar-refractivity contribution in [1.29, 1.82) is 0 Å². The van der Waals surface area contributed by atoms with Crippen molar-refractivity contribution in [2.75, 3.05) is 11.4 Å². The summed E-state index contributed by atoms with van der Waals surface area (Å²) >= 11 is 0. The summed E-state index contributed by atoms with van der Waals surface area (Å²) in [5.41, 5.74) is -0.0563. The Balaban J connectivity index is 1.89. The van der Waals surface area contributed by atoms with Crippen LogP contribution in [0.15, 0.2) is 53.5 Å². The van der Waals surface area contributed by atoms with Crippen molar-refractivity contribution in [2.24, 2.45) is 0 Å². The fraction of sp³-hybridized carbons (Fsp3) is 0.222. The molecule has 1 fully saturated rings. The normalized spacial score (nSPS) is 17.0. The molecule has 0 spiro atoms. The minimum absolute atomic E-state index is 0.0676. The molecular formula is C18H15FN4O3. The number of aromatic nitrogens is 2. The molecule has 1 unspecified atom stereocenters. The van der Waals surface area contributed by atoms with Gasteiger partial charge in [-0.05, 0) is 42.7 Å². The quantitative estimate of drug-likeness (QED) is 0.533. The Bertz CT molecular complexity index is 1050. The summed E-state index contributed by atoms with van der Waals surface area (Å²) in [5.74, 6) is -0.274. The minimum atomic E-state index is -0.708. The fourth-order valence-electron chi connectivity index (χ4n) is 3.48. The van der Waals surface area contributed by atoms with E-state index in [2.05, 4.69) is 4.98 Å². The molecule has 2 aromatic heterocycles. The number of fused-ring (bicyclic) bond motifs is 1. The smallest absolute Gasteiger partial charge is 0.344 e. The summed E-state index contributed by atoms with van der Waals surface area (Å²) < 4.78 is 14.4. The Hall–Kier alpha value is -3.29. The number of hydrogen-bond acceptors (Lipinski definition) is 5. The third-order valence-electron chi connectivity index (χ3n) is 4.65. The van der Waals surface area contributed by atoms with Gasteiger partial charge in [0, 0.05) is 12.7 Å². The van der Waals surface area contributed by atoms with E-state index >= 15 is 0 Å². The van der Waals surface area contributed by atoms with E-state index in [1.54, 1.807) is 35.2 Å². The molecule has 0 amide bonds. The third kappa shape index (κ3) is 2.59. The molecule has 132 valence electrons. The summed E-state index contributed by atoms with van der Waals surface area (Å²) in [6.45, 7) is 0.540. The van der Waals surface area contributed by atoms with Gasteiger partial charge < -0.3 is 4.90 Å². The SMILES string of the molecule is O=c1c([N+](=O)[O-])c(N2CCCC2c2ccc(F)cc2)nc2ccccn12. The highest BCUT2D eigenvalue weighted by Gasteiger charge is 2.34. The fourth-order valence-corrected chi connectivity index (χ4v) is 3.48. The largest absolute Gasteiger partial charge is 0.376 e. The Kier molecular flexibility index (Phi) is 3.87. The zero-order chi connectivity index (χ0) is 18.3. The topological polar surface area (TPSA) is 80.8 Å². The van der Waals surface area contributed by atoms with Gasteiger partial charge in [-0.25, -0.2) is 9.37 Å². The Morgan fingerprint density at radius 1 is 1.19 bits per heavy atom. The number of hydrogen-bond donors (Lipinski definition) is 0. The van der Waals surface area contributed by atoms with Gasteiger partial charge >= 0.3 is 11.2 Å². The number of rotatable bonds is 3. The van der Waals surface area contributed by atoms with Crippen molar-refractivity contribution in [3.05, 3.63) is 80.5 Å². The van der Waals surface area contributed by atoms with Crippen LogP contribution < -0.4 is 10.5 Å². The van der Waals surface area contributed by atoms with Gasteiger partial charge in [-0.3, -0.25) is 19.3 Å². The predicted molar refractivity (Wildman–Crippen MR) is 93.8 cm³/mol. The second-order valence-corrected chi connectivity index (χ2v) is 6.18. The summed E-state index contributed by atoms with van der Waals surface area (Å²) in [7, 11) is 0. The second-order valence-electron chi connectivity index (χ2n) is 6.18. The van der Waals surface area contributed by atoms with E-state index in [0.29, 0.717) is 12.2 Å². The van der Waals surface area contributed by atoms with Crippen molar-refractivity contribution < 1.29 is 9.31 Å². The van der Waals surface area contributed by atoms with E-state index in [0.717, 1.165) is 18.4 Å². The lowest BCUT2D eigenvalue weighted by Crippen LogP contribution is -2.29. The molecule has 3 heterocycles. The molecule has 4 rings (SSSR count). The van der Waals surface area contributed by atoms with Crippen LogP contribution in [0.1, 0.15) is 24.4 Å². The van der Waals surface area contributed by atoms with Crippen molar-refractivity contribution in [1.82, 2.24) is 9.38 Å². The van der Waals surface area contributed by atoms with Gasteiger partial charge in [-0.15, -0.1) is 0 Å². The van der Waals surface area contributed by atoms with Crippen LogP contribution in [0.3, 0.4) is 0 Å². The van der Waals surface area contributed by atoms with Gasteiger partial charge in [0.1, 0.15) is 11.5 Å². The van der Waals surface area contributed by atoms with Gasteiger partial charge in [-0.2, -0.15) is 0 Å². The molecule has 3 aromatic rings. The standard InChI is InChI=1S/C18H15FN4O3/c19-13-8-6-12(7-9-13)14-4-3-11-21(14)17-16(23(25)26)18(24)22-10-2-1-5-15(22)20-17/h1-2,5-10,14H,3-4,11H2. The van der Waals surface area contributed by atoms with Crippen LogP contribution in [0.5, 0.6) is 0 Å². The molecule has 0 aliphatic carbocycles. The van der Waals surface area contributed by atoms with Crippen LogP contribution in [0.4, 0.5) is 15.9 Å². The number of benzene rings is 1. The van der Waals surface area contributed by atoms with E-state index < -0.39 is 16.2 Å². The summed E-state index contributed by atoms with van der Waals surface area (Å²) in [4.78, 5) is 29.8. The van der Waals surface area contributed by atoms with Crippen molar-refractivity contribution >= 4 is 17.2 Å². The molecule has 0 saturated carbocycles. The maximum absolute atomic E-state index is 13.2. The molecule has 1 saturated heterocycles. The molecule has 1 atom stereocenters. The van der Waals surface area contributed by atoms with Gasteiger partial charge in [0.15, 0.2) is 0 Å². The average Bonchev–Trinajstić information content (AvgIpc) is 3.11. The predicted octanol–water partition coefficient (Wildman–Crippen LogP) is 3.08. The zero-order valence-electron chi connectivity index (χ0n) is 13.7. The molecule has 8 heteroatoms. The van der Waals surface area contributed by atoms with Gasteiger partial charge in [0.05, 0.1) is 11.0 Å². The molecule has 0 bridgehead atoms. The van der Waals surface area contributed by atoms with Crippen LogP contribution in [0.2, 0.25) is 0 Å². The van der Waals surface area contributed by atoms with Crippen LogP contribution in [0.25, 0.3) is 5.65 Å². The molecule has 26 heavy (non-hydrogen) atoms. The number of halogens is 1. The van der Waals surface area contributed by atoms with Crippen molar-refractivity contribution in [2.45, 2.75) is 18.9 Å². The highest BCUT2D eigenvalue weighted by atomic mass is 19.1. The Morgan fingerprint density at radius 3 is 2.69 bits per heavy atom. The van der Waals surface area contributed by atoms with Crippen LogP contribution >= 0.6 is 0 Å². The van der Waals surface area contributed by atoms with Crippen LogP contribution in [0, 0.1) is 15.9 Å². The first-order chi connectivity index (χ1) is 12.6. The maximum atomic E-state index is 13.2. The van der Waals surface area contributed by atoms with Gasteiger partial charge in [0.25, 0.3) is 0 Å². The number of nitro groups is 1. The van der Waals surface area contributed by atoms with E-state index in [9.17, 15) is 19.3 Å². The number of anilines is 1. The van der Waals surface area contributed by atoms with E-state index in [-0.39, 0.29) is 17.7 Å². The molecule has 0 radical (unpaired) electrons. The highest BCUT2D eigenvalue weighted by Crippen LogP contribution is 2.38. The molecule has 1 aromatic carbocycles. The lowest BCUT2D eigenvalue weighted by molar-refractivity contribution is -0.385. The van der Waals surface area contributed by atoms with Crippen molar-refractivity contribution in [3.63, 3.8) is 0 Å². The first kappa shape index (κ1) is 16.2. The maximum Gasteiger partial charge on any atom is 0.376 e. The zero-order valence-corrected chi connectivity index (χ0v) is 13.7. The van der Waals surface area contributed by atoms with E-state index in [1.807, 2.05) is 0 Å². The molecule has 1 aliphatic rings. The van der Waals surface area contributed by atoms with E-state index in [1.165, 1.54) is 22.7 Å². The van der Waals surface area contributed by atoms with Gasteiger partial charge in [0.2, 0.25) is 5.82 Å². The lowest BCUT2D eigenvalue weighted by atomic mass is 10.0. The number of nitrogens with zero attached hydrogens (tertiary/aromatic N) is 4. The van der Waals surface area contributed by atoms with Crippen LogP contribution in [-0.4, -0.2) is 20.9 Å². The summed E-state index contributed by atoms with van der Waals surface area (Å²) in [5, 5.41) is 11.6. The minimum Gasteiger partial charge on any atom is -0.344 e. The van der Waals surface area contributed by atoms with Crippen molar-refractivity contribution in [3.8, 4) is 0 Å². The molecular weight excluding hydrogens is 339 g/mol. The molecule has 1 aliphatic heterocycles. The third-order valence-corrected chi connectivity index (χ3v) is 4.65. The second kappa shape index (κ2) is 6.21.